The molecule has 3 amide bonds. The number of aryl methyl sites for hydroxylation is 1. The van der Waals surface area contributed by atoms with Crippen LogP contribution in [0.2, 0.25) is 0 Å². The molecule has 36 heavy (non-hydrogen) atoms. The fourth-order valence-electron chi connectivity index (χ4n) is 4.03. The van der Waals surface area contributed by atoms with Gasteiger partial charge in [0, 0.05) is 17.3 Å². The van der Waals surface area contributed by atoms with Crippen LogP contribution in [-0.2, 0) is 16.1 Å². The SMILES string of the molecule is Cc1ccc(C(=O)Nc2ccc([C@H]3OC(=O)N(Cc4ccc(F)cc4)[C@@H]3C(=O)NC(C)C)cc2)cc1. The van der Waals surface area contributed by atoms with E-state index in [1.807, 2.05) is 32.9 Å². The van der Waals surface area contributed by atoms with Crippen LogP contribution < -0.4 is 10.6 Å². The van der Waals surface area contributed by atoms with Gasteiger partial charge in [-0.05, 0) is 68.3 Å². The molecule has 1 heterocycles. The van der Waals surface area contributed by atoms with E-state index in [4.69, 9.17) is 4.74 Å². The number of cyclic esters (lactones) is 1. The molecule has 0 aromatic heterocycles. The van der Waals surface area contributed by atoms with Gasteiger partial charge in [0.15, 0.2) is 12.1 Å². The van der Waals surface area contributed by atoms with Crippen molar-refractivity contribution in [1.29, 1.82) is 0 Å². The predicted octanol–water partition coefficient (Wildman–Crippen LogP) is 4.97. The molecule has 4 rings (SSSR count). The fraction of sp³-hybridized carbons (Fsp3) is 0.250. The zero-order valence-electron chi connectivity index (χ0n) is 20.3. The summed E-state index contributed by atoms with van der Waals surface area (Å²) in [5.74, 6) is -0.973. The standard InChI is InChI=1S/C28H28FN3O4/c1-17(2)30-27(34)24-25(36-28(35)32(24)16-19-6-12-22(29)13-7-19)20-10-14-23(15-11-20)31-26(33)21-8-4-18(3)5-9-21/h4-15,17,24-25H,16H2,1-3H3,(H,30,34)(H,31,33)/t24-,25+/m0/s1. The molecule has 1 aliphatic rings. The van der Waals surface area contributed by atoms with Crippen LogP contribution in [0.25, 0.3) is 0 Å². The van der Waals surface area contributed by atoms with Crippen molar-refractivity contribution < 1.29 is 23.5 Å². The lowest BCUT2D eigenvalue weighted by Gasteiger charge is -2.25. The van der Waals surface area contributed by atoms with E-state index >= 15 is 0 Å². The topological polar surface area (TPSA) is 87.7 Å². The summed E-state index contributed by atoms with van der Waals surface area (Å²) < 4.78 is 19.0. The number of nitrogens with zero attached hydrogens (tertiary/aromatic N) is 1. The highest BCUT2D eigenvalue weighted by Crippen LogP contribution is 2.34. The van der Waals surface area contributed by atoms with Crippen molar-refractivity contribution in [2.24, 2.45) is 0 Å². The number of carbonyl (C=O) groups excluding carboxylic acids is 3. The van der Waals surface area contributed by atoms with Gasteiger partial charge >= 0.3 is 6.09 Å². The Hall–Kier alpha value is -4.20. The van der Waals surface area contributed by atoms with Gasteiger partial charge in [0.1, 0.15) is 5.82 Å². The maximum Gasteiger partial charge on any atom is 0.411 e. The summed E-state index contributed by atoms with van der Waals surface area (Å²) in [5, 5.41) is 5.70. The Kier molecular flexibility index (Phi) is 7.33. The first-order chi connectivity index (χ1) is 17.2. The molecule has 7 nitrogen and oxygen atoms in total. The average molecular weight is 490 g/mol. The molecular formula is C28H28FN3O4. The first-order valence-electron chi connectivity index (χ1n) is 11.7. The number of halogens is 1. The van der Waals surface area contributed by atoms with Crippen molar-refractivity contribution in [1.82, 2.24) is 10.2 Å². The monoisotopic (exact) mass is 489 g/mol. The lowest BCUT2D eigenvalue weighted by molar-refractivity contribution is -0.126. The minimum Gasteiger partial charge on any atom is -0.438 e. The number of amides is 3. The van der Waals surface area contributed by atoms with Gasteiger partial charge in [-0.2, -0.15) is 0 Å². The van der Waals surface area contributed by atoms with Crippen molar-refractivity contribution in [3.63, 3.8) is 0 Å². The van der Waals surface area contributed by atoms with E-state index < -0.39 is 18.2 Å². The summed E-state index contributed by atoms with van der Waals surface area (Å²) in [4.78, 5) is 39.8. The Labute approximate surface area is 209 Å². The summed E-state index contributed by atoms with van der Waals surface area (Å²) in [5.41, 5.74) is 3.45. The number of nitrogens with one attached hydrogen (secondary N) is 2. The largest absolute Gasteiger partial charge is 0.438 e. The average Bonchev–Trinajstić information content (AvgIpc) is 3.17. The van der Waals surface area contributed by atoms with Gasteiger partial charge in [-0.25, -0.2) is 9.18 Å². The van der Waals surface area contributed by atoms with Crippen LogP contribution in [0, 0.1) is 12.7 Å². The summed E-state index contributed by atoms with van der Waals surface area (Å²) in [7, 11) is 0. The molecule has 1 aliphatic heterocycles. The van der Waals surface area contributed by atoms with E-state index in [9.17, 15) is 18.8 Å². The number of anilines is 1. The summed E-state index contributed by atoms with van der Waals surface area (Å²) in [6.07, 6.45) is -1.48. The molecule has 3 aromatic rings. The number of carbonyl (C=O) groups is 3. The van der Waals surface area contributed by atoms with Gasteiger partial charge in [-0.15, -0.1) is 0 Å². The minimum absolute atomic E-state index is 0.0937. The fourth-order valence-corrected chi connectivity index (χ4v) is 4.03. The van der Waals surface area contributed by atoms with E-state index in [-0.39, 0.29) is 30.2 Å². The number of rotatable bonds is 7. The van der Waals surface area contributed by atoms with Gasteiger partial charge in [0.2, 0.25) is 5.91 Å². The van der Waals surface area contributed by atoms with Gasteiger partial charge in [-0.1, -0.05) is 42.0 Å². The molecule has 2 atom stereocenters. The smallest absolute Gasteiger partial charge is 0.411 e. The van der Waals surface area contributed by atoms with Crippen molar-refractivity contribution in [3.05, 3.63) is 101 Å². The number of benzene rings is 3. The molecular weight excluding hydrogens is 461 g/mol. The van der Waals surface area contributed by atoms with Crippen LogP contribution in [-0.4, -0.2) is 34.9 Å². The first-order valence-corrected chi connectivity index (χ1v) is 11.7. The molecule has 0 spiro atoms. The zero-order valence-corrected chi connectivity index (χ0v) is 20.3. The molecule has 0 aliphatic carbocycles. The van der Waals surface area contributed by atoms with Crippen LogP contribution in [0.15, 0.2) is 72.8 Å². The first kappa shape index (κ1) is 24.9. The van der Waals surface area contributed by atoms with Crippen molar-refractivity contribution in [3.8, 4) is 0 Å². The predicted molar refractivity (Wildman–Crippen MR) is 134 cm³/mol. The summed E-state index contributed by atoms with van der Waals surface area (Å²) >= 11 is 0. The van der Waals surface area contributed by atoms with Crippen molar-refractivity contribution >= 4 is 23.6 Å². The van der Waals surface area contributed by atoms with Gasteiger partial charge < -0.3 is 15.4 Å². The van der Waals surface area contributed by atoms with Crippen LogP contribution in [0.1, 0.15) is 47.0 Å². The summed E-state index contributed by atoms with van der Waals surface area (Å²) in [6.45, 7) is 5.71. The highest BCUT2D eigenvalue weighted by Gasteiger charge is 2.47. The highest BCUT2D eigenvalue weighted by molar-refractivity contribution is 6.04. The van der Waals surface area contributed by atoms with Crippen LogP contribution >= 0.6 is 0 Å². The number of hydrogen-bond acceptors (Lipinski definition) is 4. The molecule has 3 aromatic carbocycles. The lowest BCUT2D eigenvalue weighted by atomic mass is 10.00. The number of ether oxygens (including phenoxy) is 1. The Bertz CT molecular complexity index is 1240. The molecule has 1 fully saturated rings. The Morgan fingerprint density at radius 1 is 0.972 bits per heavy atom. The van der Waals surface area contributed by atoms with Crippen LogP contribution in [0.5, 0.6) is 0 Å². The van der Waals surface area contributed by atoms with Gasteiger partial charge in [0.05, 0.1) is 6.54 Å². The third-order valence-electron chi connectivity index (χ3n) is 5.86. The van der Waals surface area contributed by atoms with Crippen molar-refractivity contribution in [2.45, 2.75) is 45.5 Å². The maximum absolute atomic E-state index is 13.3. The second kappa shape index (κ2) is 10.6. The van der Waals surface area contributed by atoms with Crippen LogP contribution in [0.3, 0.4) is 0 Å². The normalized spacial score (nSPS) is 17.1. The quantitative estimate of drug-likeness (QED) is 0.490. The van der Waals surface area contributed by atoms with Gasteiger partial charge in [0.25, 0.3) is 5.91 Å². The molecule has 1 saturated heterocycles. The Morgan fingerprint density at radius 2 is 1.61 bits per heavy atom. The zero-order chi connectivity index (χ0) is 25.8. The second-order valence-electron chi connectivity index (χ2n) is 9.11. The lowest BCUT2D eigenvalue weighted by Crippen LogP contribution is -2.48. The maximum atomic E-state index is 13.3. The third-order valence-corrected chi connectivity index (χ3v) is 5.86. The second-order valence-corrected chi connectivity index (χ2v) is 9.11. The molecule has 2 N–H and O–H groups in total. The molecule has 8 heteroatoms. The molecule has 0 bridgehead atoms. The van der Waals surface area contributed by atoms with Crippen LogP contribution in [0.4, 0.5) is 14.9 Å². The van der Waals surface area contributed by atoms with E-state index in [1.54, 1.807) is 48.5 Å². The Balaban J connectivity index is 1.54. The third kappa shape index (κ3) is 5.71. The van der Waals surface area contributed by atoms with Gasteiger partial charge in [-0.3, -0.25) is 14.5 Å². The van der Waals surface area contributed by atoms with Crippen molar-refractivity contribution in [2.75, 3.05) is 5.32 Å². The molecule has 0 unspecified atom stereocenters. The molecule has 0 saturated carbocycles. The highest BCUT2D eigenvalue weighted by atomic mass is 19.1. The summed E-state index contributed by atoms with van der Waals surface area (Å²) in [6, 6.07) is 18.8. The van der Waals surface area contributed by atoms with E-state index in [0.717, 1.165) is 5.56 Å². The Morgan fingerprint density at radius 3 is 2.22 bits per heavy atom. The molecule has 186 valence electrons. The van der Waals surface area contributed by atoms with E-state index in [2.05, 4.69) is 10.6 Å². The minimum atomic E-state index is -0.919. The molecule has 0 radical (unpaired) electrons. The number of hydrogen-bond donors (Lipinski definition) is 2. The van der Waals surface area contributed by atoms with E-state index in [1.165, 1.54) is 17.0 Å². The van der Waals surface area contributed by atoms with E-state index in [0.29, 0.717) is 22.4 Å².